The van der Waals surface area contributed by atoms with Gasteiger partial charge >= 0.3 is 0 Å². The van der Waals surface area contributed by atoms with Crippen LogP contribution < -0.4 is 21.3 Å². The highest BCUT2D eigenvalue weighted by Crippen LogP contribution is 2.30. The molecule has 3 amide bonds. The van der Waals surface area contributed by atoms with Gasteiger partial charge in [-0.15, -0.1) is 23.7 Å². The minimum atomic E-state index is -0.605. The Morgan fingerprint density at radius 3 is 2.56 bits per heavy atom. The third kappa shape index (κ3) is 8.00. The molecule has 0 unspecified atom stereocenters. The first-order chi connectivity index (χ1) is 19.2. The number of hydrogen-bond acceptors (Lipinski definition) is 8. The topological polar surface area (TPSA) is 124 Å². The standard InChI is InChI=1S/C28H34FN7O3S.ClH/c1-4-31-9-10-32-25(37)15-35(16-26(38)34(3)36-13-20-7-8-22(29)11-21(20)14-36)24-12-19(6-5-18(24)2)28-33-23(17-40-28)27(30)39;/h5-8,11-12,17,31H,4,9-10,13-16H2,1-3H3,(H2,30,39)(H,32,37);1H. The van der Waals surface area contributed by atoms with Gasteiger partial charge in [-0.1, -0.05) is 25.1 Å². The zero-order valence-electron chi connectivity index (χ0n) is 23.3. The molecule has 0 fully saturated rings. The van der Waals surface area contributed by atoms with Crippen molar-refractivity contribution in [3.05, 3.63) is 70.0 Å². The lowest BCUT2D eigenvalue weighted by atomic mass is 10.1. The minimum Gasteiger partial charge on any atom is -0.364 e. The van der Waals surface area contributed by atoms with E-state index < -0.39 is 5.91 Å². The average Bonchev–Trinajstić information content (AvgIpc) is 3.58. The number of anilines is 1. The van der Waals surface area contributed by atoms with Crippen LogP contribution in [0.5, 0.6) is 0 Å². The molecule has 41 heavy (non-hydrogen) atoms. The number of amides is 3. The molecule has 1 aliphatic heterocycles. The lowest BCUT2D eigenvalue weighted by Gasteiger charge is -2.32. The second-order valence-electron chi connectivity index (χ2n) is 9.62. The van der Waals surface area contributed by atoms with Gasteiger partial charge in [-0.05, 0) is 48.4 Å². The number of halogens is 2. The van der Waals surface area contributed by atoms with E-state index in [0.717, 1.165) is 28.8 Å². The average molecular weight is 604 g/mol. The van der Waals surface area contributed by atoms with Crippen LogP contribution in [0.3, 0.4) is 0 Å². The quantitative estimate of drug-likeness (QED) is 0.272. The number of hydrogen-bond donors (Lipinski definition) is 3. The SMILES string of the molecule is CCNCCNC(=O)CN(CC(=O)N(C)N1Cc2ccc(F)cc2C1)c1cc(-c2nc(C(N)=O)cs2)ccc1C.Cl. The van der Waals surface area contributed by atoms with E-state index in [4.69, 9.17) is 5.73 Å². The summed E-state index contributed by atoms with van der Waals surface area (Å²) in [7, 11) is 1.68. The number of nitrogens with two attached hydrogens (primary N) is 1. The second-order valence-corrected chi connectivity index (χ2v) is 10.5. The van der Waals surface area contributed by atoms with Gasteiger partial charge in [-0.2, -0.15) is 0 Å². The summed E-state index contributed by atoms with van der Waals surface area (Å²) in [4.78, 5) is 44.1. The van der Waals surface area contributed by atoms with E-state index >= 15 is 0 Å². The van der Waals surface area contributed by atoms with Gasteiger partial charge in [-0.3, -0.25) is 19.4 Å². The van der Waals surface area contributed by atoms with Crippen LogP contribution in [0.15, 0.2) is 41.8 Å². The van der Waals surface area contributed by atoms with E-state index in [-0.39, 0.29) is 48.8 Å². The van der Waals surface area contributed by atoms with Crippen molar-refractivity contribution in [1.29, 1.82) is 0 Å². The summed E-state index contributed by atoms with van der Waals surface area (Å²) < 4.78 is 13.7. The van der Waals surface area contributed by atoms with Crippen LogP contribution in [0.4, 0.5) is 10.1 Å². The predicted octanol–water partition coefficient (Wildman–Crippen LogP) is 2.70. The Labute approximate surface area is 249 Å². The molecule has 2 aromatic carbocycles. The number of nitrogens with one attached hydrogen (secondary N) is 2. The smallest absolute Gasteiger partial charge is 0.268 e. The van der Waals surface area contributed by atoms with Gasteiger partial charge in [0.1, 0.15) is 16.5 Å². The fourth-order valence-electron chi connectivity index (χ4n) is 4.51. The minimum absolute atomic E-state index is 0. The van der Waals surface area contributed by atoms with Gasteiger partial charge in [0, 0.05) is 49.9 Å². The Morgan fingerprint density at radius 2 is 1.85 bits per heavy atom. The lowest BCUT2D eigenvalue weighted by Crippen LogP contribution is -2.48. The Bertz CT molecular complexity index is 1400. The molecule has 3 aromatic rings. The molecule has 13 heteroatoms. The summed E-state index contributed by atoms with van der Waals surface area (Å²) in [6.07, 6.45) is 0. The normalized spacial score (nSPS) is 12.4. The van der Waals surface area contributed by atoms with Gasteiger partial charge in [0.25, 0.3) is 11.8 Å². The van der Waals surface area contributed by atoms with Crippen LogP contribution in [0.1, 0.15) is 34.1 Å². The second kappa shape index (κ2) is 14.4. The first-order valence-electron chi connectivity index (χ1n) is 13.0. The number of benzene rings is 2. The maximum absolute atomic E-state index is 13.7. The highest BCUT2D eigenvalue weighted by molar-refractivity contribution is 7.13. The number of aromatic nitrogens is 1. The van der Waals surface area contributed by atoms with Crippen molar-refractivity contribution in [3.8, 4) is 10.6 Å². The highest BCUT2D eigenvalue weighted by Gasteiger charge is 2.27. The Balaban J connectivity index is 0.00000462. The number of carbonyl (C=O) groups excluding carboxylic acids is 3. The van der Waals surface area contributed by atoms with Crippen molar-refractivity contribution in [2.24, 2.45) is 5.73 Å². The molecular weight excluding hydrogens is 569 g/mol. The molecule has 4 rings (SSSR count). The molecule has 1 aromatic heterocycles. The largest absolute Gasteiger partial charge is 0.364 e. The monoisotopic (exact) mass is 603 g/mol. The molecule has 0 radical (unpaired) electrons. The van der Waals surface area contributed by atoms with Crippen LogP contribution in [-0.2, 0) is 22.7 Å². The zero-order valence-corrected chi connectivity index (χ0v) is 24.9. The summed E-state index contributed by atoms with van der Waals surface area (Å²) in [6.45, 7) is 6.61. The molecule has 0 spiro atoms. The Hall–Kier alpha value is -3.58. The number of fused-ring (bicyclic) bond motifs is 1. The molecule has 1 aliphatic rings. The van der Waals surface area contributed by atoms with E-state index in [2.05, 4.69) is 15.6 Å². The molecule has 2 heterocycles. The van der Waals surface area contributed by atoms with Gasteiger partial charge in [-0.25, -0.2) is 14.4 Å². The lowest BCUT2D eigenvalue weighted by molar-refractivity contribution is -0.145. The number of nitrogens with zero attached hydrogens (tertiary/aromatic N) is 4. The van der Waals surface area contributed by atoms with Gasteiger partial charge in [0.15, 0.2) is 0 Å². The maximum Gasteiger partial charge on any atom is 0.268 e. The number of aryl methyl sites for hydroxylation is 1. The number of thiazole rings is 1. The highest BCUT2D eigenvalue weighted by atomic mass is 35.5. The third-order valence-electron chi connectivity index (χ3n) is 6.75. The van der Waals surface area contributed by atoms with Crippen LogP contribution in [0, 0.1) is 12.7 Å². The molecule has 10 nitrogen and oxygen atoms in total. The number of primary amides is 1. The van der Waals surface area contributed by atoms with Crippen molar-refractivity contribution in [1.82, 2.24) is 25.6 Å². The number of rotatable bonds is 12. The molecule has 0 bridgehead atoms. The first kappa shape index (κ1) is 31.9. The molecule has 0 aliphatic carbocycles. The summed E-state index contributed by atoms with van der Waals surface area (Å²) in [5.41, 5.74) is 9.69. The molecule has 0 saturated carbocycles. The number of carbonyl (C=O) groups is 3. The molecule has 0 saturated heterocycles. The van der Waals surface area contributed by atoms with E-state index in [1.165, 1.54) is 28.5 Å². The fraction of sp³-hybridized carbons (Fsp3) is 0.357. The van der Waals surface area contributed by atoms with Crippen molar-refractivity contribution >= 4 is 47.2 Å². The molecule has 4 N–H and O–H groups in total. The summed E-state index contributed by atoms with van der Waals surface area (Å²) >= 11 is 1.29. The van der Waals surface area contributed by atoms with E-state index in [9.17, 15) is 18.8 Å². The fourth-order valence-corrected chi connectivity index (χ4v) is 5.31. The maximum atomic E-state index is 13.7. The zero-order chi connectivity index (χ0) is 28.8. The molecule has 220 valence electrons. The van der Waals surface area contributed by atoms with Crippen LogP contribution >= 0.6 is 23.7 Å². The Kier molecular flexibility index (Phi) is 11.2. The van der Waals surface area contributed by atoms with Crippen molar-refractivity contribution < 1.29 is 18.8 Å². The first-order valence-corrected chi connectivity index (χ1v) is 13.9. The van der Waals surface area contributed by atoms with Crippen LogP contribution in [0.2, 0.25) is 0 Å². The predicted molar refractivity (Wildman–Crippen MR) is 160 cm³/mol. The van der Waals surface area contributed by atoms with Crippen molar-refractivity contribution in [2.45, 2.75) is 26.9 Å². The van der Waals surface area contributed by atoms with Gasteiger partial charge in [0.2, 0.25) is 5.91 Å². The summed E-state index contributed by atoms with van der Waals surface area (Å²) in [5.74, 6) is -1.35. The van der Waals surface area contributed by atoms with Crippen LogP contribution in [-0.4, -0.2) is 72.5 Å². The number of likely N-dealkylation sites (N-methyl/N-ethyl adjacent to an activating group) is 2. The molecular formula is C28H35ClFN7O3S. The van der Waals surface area contributed by atoms with Gasteiger partial charge < -0.3 is 21.3 Å². The number of hydrazine groups is 1. The van der Waals surface area contributed by atoms with Crippen molar-refractivity contribution in [2.75, 3.05) is 44.7 Å². The van der Waals surface area contributed by atoms with E-state index in [1.54, 1.807) is 23.4 Å². The Morgan fingerprint density at radius 1 is 1.10 bits per heavy atom. The summed E-state index contributed by atoms with van der Waals surface area (Å²) in [6, 6.07) is 10.3. The van der Waals surface area contributed by atoms with Gasteiger partial charge in [0.05, 0.1) is 13.1 Å². The molecule has 0 atom stereocenters. The van der Waals surface area contributed by atoms with Crippen LogP contribution in [0.25, 0.3) is 10.6 Å². The van der Waals surface area contributed by atoms with E-state index in [1.807, 2.05) is 37.1 Å². The summed E-state index contributed by atoms with van der Waals surface area (Å²) in [5, 5.41) is 11.7. The van der Waals surface area contributed by atoms with E-state index in [0.29, 0.717) is 36.9 Å². The van der Waals surface area contributed by atoms with Crippen molar-refractivity contribution in [3.63, 3.8) is 0 Å². The third-order valence-corrected chi connectivity index (χ3v) is 7.64.